The molecule has 1 N–H and O–H groups in total. The average Bonchev–Trinajstić information content (AvgIpc) is 2.47. The standard InChI is InChI=1S/C7H7F3N2O2S2/c8-7(9,10)5(14)11-1-2-12-4(13)3-16-6(12)15/h1-3H2,(H,11,14). The number of carbonyl (C=O) groups is 2. The Labute approximate surface area is 98.5 Å². The van der Waals surface area contributed by atoms with E-state index in [1.807, 2.05) is 0 Å². The van der Waals surface area contributed by atoms with Gasteiger partial charge in [-0.2, -0.15) is 13.2 Å². The topological polar surface area (TPSA) is 49.4 Å². The molecule has 0 aliphatic carbocycles. The van der Waals surface area contributed by atoms with Gasteiger partial charge < -0.3 is 5.32 Å². The second-order valence-electron chi connectivity index (χ2n) is 2.85. The summed E-state index contributed by atoms with van der Waals surface area (Å²) in [7, 11) is 0. The Bertz CT molecular complexity index is 316. The van der Waals surface area contributed by atoms with E-state index in [4.69, 9.17) is 12.2 Å². The molecule has 90 valence electrons. The number of thiocarbonyl (C=S) groups is 1. The predicted molar refractivity (Wildman–Crippen MR) is 55.8 cm³/mol. The lowest BCUT2D eigenvalue weighted by molar-refractivity contribution is -0.173. The monoisotopic (exact) mass is 272 g/mol. The first-order chi connectivity index (χ1) is 7.32. The molecule has 0 radical (unpaired) electrons. The van der Waals surface area contributed by atoms with Crippen LogP contribution in [0.3, 0.4) is 0 Å². The molecule has 1 aliphatic heterocycles. The van der Waals surface area contributed by atoms with Crippen LogP contribution < -0.4 is 5.32 Å². The molecule has 1 aliphatic rings. The number of nitrogens with one attached hydrogen (secondary N) is 1. The third kappa shape index (κ3) is 3.34. The molecule has 2 amide bonds. The summed E-state index contributed by atoms with van der Waals surface area (Å²) in [6, 6.07) is 0. The molecule has 1 heterocycles. The highest BCUT2D eigenvalue weighted by Gasteiger charge is 2.38. The van der Waals surface area contributed by atoms with Crippen molar-refractivity contribution in [2.45, 2.75) is 6.18 Å². The molecule has 1 fully saturated rings. The van der Waals surface area contributed by atoms with Crippen LogP contribution in [-0.4, -0.2) is 46.1 Å². The SMILES string of the molecule is O=C1CSC(=S)N1CCNC(=O)C(F)(F)F. The molecular formula is C7H7F3N2O2S2. The van der Waals surface area contributed by atoms with Gasteiger partial charge in [0.15, 0.2) is 0 Å². The molecule has 0 unspecified atom stereocenters. The zero-order valence-electron chi connectivity index (χ0n) is 7.84. The number of hydrogen-bond acceptors (Lipinski definition) is 4. The average molecular weight is 272 g/mol. The number of hydrogen-bond donors (Lipinski definition) is 1. The second-order valence-corrected chi connectivity index (χ2v) is 4.46. The van der Waals surface area contributed by atoms with Crippen molar-refractivity contribution < 1.29 is 22.8 Å². The van der Waals surface area contributed by atoms with Crippen molar-refractivity contribution in [2.75, 3.05) is 18.8 Å². The Morgan fingerprint density at radius 1 is 1.56 bits per heavy atom. The molecule has 0 aromatic rings. The fourth-order valence-corrected chi connectivity index (χ4v) is 2.10. The fraction of sp³-hybridized carbons (Fsp3) is 0.571. The third-order valence-corrected chi connectivity index (χ3v) is 3.15. The van der Waals surface area contributed by atoms with Gasteiger partial charge >= 0.3 is 12.1 Å². The van der Waals surface area contributed by atoms with Crippen molar-refractivity contribution in [1.82, 2.24) is 10.2 Å². The highest BCUT2D eigenvalue weighted by molar-refractivity contribution is 8.23. The molecule has 0 spiro atoms. The number of rotatable bonds is 3. The van der Waals surface area contributed by atoms with Crippen molar-refractivity contribution in [3.63, 3.8) is 0 Å². The van der Waals surface area contributed by atoms with E-state index in [2.05, 4.69) is 0 Å². The normalized spacial score (nSPS) is 16.8. The van der Waals surface area contributed by atoms with Gasteiger partial charge in [0.2, 0.25) is 5.91 Å². The minimum absolute atomic E-state index is 0.0352. The zero-order valence-corrected chi connectivity index (χ0v) is 9.47. The highest BCUT2D eigenvalue weighted by atomic mass is 32.2. The maximum atomic E-state index is 11.8. The van der Waals surface area contributed by atoms with E-state index in [-0.39, 0.29) is 24.7 Å². The van der Waals surface area contributed by atoms with Gasteiger partial charge in [0.05, 0.1) is 5.75 Å². The van der Waals surface area contributed by atoms with E-state index in [1.54, 1.807) is 5.32 Å². The van der Waals surface area contributed by atoms with Crippen molar-refractivity contribution in [2.24, 2.45) is 0 Å². The molecule has 9 heteroatoms. The number of alkyl halides is 3. The van der Waals surface area contributed by atoms with E-state index in [0.717, 1.165) is 11.8 Å². The molecule has 0 atom stereocenters. The van der Waals surface area contributed by atoms with Crippen LogP contribution in [0.5, 0.6) is 0 Å². The summed E-state index contributed by atoms with van der Waals surface area (Å²) in [5.41, 5.74) is 0. The van der Waals surface area contributed by atoms with Crippen LogP contribution in [0.4, 0.5) is 13.2 Å². The third-order valence-electron chi connectivity index (χ3n) is 1.72. The lowest BCUT2D eigenvalue weighted by Gasteiger charge is -2.15. The molecule has 0 aromatic heterocycles. The van der Waals surface area contributed by atoms with Crippen LogP contribution in [0, 0.1) is 0 Å². The maximum absolute atomic E-state index is 11.8. The van der Waals surface area contributed by atoms with Crippen molar-refractivity contribution in [3.8, 4) is 0 Å². The Kier molecular flexibility index (Phi) is 4.14. The summed E-state index contributed by atoms with van der Waals surface area (Å²) in [5, 5.41) is 1.66. The Hall–Kier alpha value is -0.830. The molecule has 0 aromatic carbocycles. The number of carbonyl (C=O) groups excluding carboxylic acids is 2. The van der Waals surface area contributed by atoms with Crippen LogP contribution in [-0.2, 0) is 9.59 Å². The Morgan fingerprint density at radius 2 is 2.19 bits per heavy atom. The van der Waals surface area contributed by atoms with E-state index in [9.17, 15) is 22.8 Å². The summed E-state index contributed by atoms with van der Waals surface area (Å²) < 4.78 is 35.7. The molecule has 1 saturated heterocycles. The van der Waals surface area contributed by atoms with Gasteiger partial charge in [0.25, 0.3) is 0 Å². The summed E-state index contributed by atoms with van der Waals surface area (Å²) in [6.45, 7) is -0.308. The summed E-state index contributed by atoms with van der Waals surface area (Å²) in [5.74, 6) is -2.07. The largest absolute Gasteiger partial charge is 0.471 e. The van der Waals surface area contributed by atoms with Gasteiger partial charge in [0, 0.05) is 13.1 Å². The van der Waals surface area contributed by atoms with Crippen molar-refractivity contribution in [1.29, 1.82) is 0 Å². The molecule has 0 bridgehead atoms. The summed E-state index contributed by atoms with van der Waals surface area (Å²) >= 11 is 5.95. The lowest BCUT2D eigenvalue weighted by Crippen LogP contribution is -2.42. The maximum Gasteiger partial charge on any atom is 0.471 e. The van der Waals surface area contributed by atoms with Crippen LogP contribution in [0.1, 0.15) is 0 Å². The van der Waals surface area contributed by atoms with E-state index >= 15 is 0 Å². The van der Waals surface area contributed by atoms with Crippen LogP contribution >= 0.6 is 24.0 Å². The van der Waals surface area contributed by atoms with E-state index in [0.29, 0.717) is 4.32 Å². The van der Waals surface area contributed by atoms with Gasteiger partial charge in [-0.1, -0.05) is 24.0 Å². The first-order valence-corrected chi connectivity index (χ1v) is 5.54. The molecular weight excluding hydrogens is 265 g/mol. The van der Waals surface area contributed by atoms with E-state index < -0.39 is 12.1 Å². The van der Waals surface area contributed by atoms with Gasteiger partial charge in [-0.3, -0.25) is 14.5 Å². The minimum atomic E-state index is -4.90. The van der Waals surface area contributed by atoms with Crippen LogP contribution in [0.15, 0.2) is 0 Å². The molecule has 4 nitrogen and oxygen atoms in total. The molecule has 1 rings (SSSR count). The first kappa shape index (κ1) is 13.2. The number of thioether (sulfide) groups is 1. The van der Waals surface area contributed by atoms with Gasteiger partial charge in [0.1, 0.15) is 4.32 Å². The van der Waals surface area contributed by atoms with Crippen molar-refractivity contribution in [3.05, 3.63) is 0 Å². The Balaban J connectivity index is 2.33. The summed E-state index contributed by atoms with van der Waals surface area (Å²) in [4.78, 5) is 22.7. The van der Waals surface area contributed by atoms with E-state index in [1.165, 1.54) is 4.90 Å². The fourth-order valence-electron chi connectivity index (χ4n) is 0.979. The number of amides is 2. The highest BCUT2D eigenvalue weighted by Crippen LogP contribution is 2.18. The predicted octanol–water partition coefficient (Wildman–Crippen LogP) is 0.525. The van der Waals surface area contributed by atoms with Gasteiger partial charge in [-0.25, -0.2) is 0 Å². The second kappa shape index (κ2) is 5.00. The zero-order chi connectivity index (χ0) is 12.3. The number of halogens is 3. The van der Waals surface area contributed by atoms with Crippen LogP contribution in [0.2, 0.25) is 0 Å². The van der Waals surface area contributed by atoms with Crippen molar-refractivity contribution >= 4 is 40.1 Å². The minimum Gasteiger partial charge on any atom is -0.346 e. The lowest BCUT2D eigenvalue weighted by atomic mass is 10.5. The molecule has 0 saturated carbocycles. The smallest absolute Gasteiger partial charge is 0.346 e. The molecule has 16 heavy (non-hydrogen) atoms. The Morgan fingerprint density at radius 3 is 2.62 bits per heavy atom. The van der Waals surface area contributed by atoms with Crippen LogP contribution in [0.25, 0.3) is 0 Å². The van der Waals surface area contributed by atoms with Gasteiger partial charge in [-0.15, -0.1) is 0 Å². The first-order valence-electron chi connectivity index (χ1n) is 4.14. The summed E-state index contributed by atoms with van der Waals surface area (Å²) in [6.07, 6.45) is -4.90. The quantitative estimate of drug-likeness (QED) is 0.761. The number of nitrogens with zero attached hydrogens (tertiary/aromatic N) is 1. The van der Waals surface area contributed by atoms with Gasteiger partial charge in [-0.05, 0) is 0 Å².